The van der Waals surface area contributed by atoms with Crippen LogP contribution in [0.3, 0.4) is 0 Å². The first-order valence-electron chi connectivity index (χ1n) is 5.89. The highest BCUT2D eigenvalue weighted by molar-refractivity contribution is 9.10. The number of ether oxygens (including phenoxy) is 1. The summed E-state index contributed by atoms with van der Waals surface area (Å²) >= 11 is 3.35. The van der Waals surface area contributed by atoms with Crippen molar-refractivity contribution in [2.45, 2.75) is 18.9 Å². The Morgan fingerprint density at radius 1 is 1.47 bits per heavy atom. The fourth-order valence-corrected chi connectivity index (χ4v) is 1.97. The molecule has 0 aliphatic carbocycles. The van der Waals surface area contributed by atoms with Crippen molar-refractivity contribution in [1.82, 2.24) is 15.1 Å². The number of halogens is 1. The van der Waals surface area contributed by atoms with Gasteiger partial charge in [0, 0.05) is 36.1 Å². The molecule has 2 rings (SSSR count). The Morgan fingerprint density at radius 2 is 2.32 bits per heavy atom. The Balaban J connectivity index is 2.06. The van der Waals surface area contributed by atoms with Crippen molar-refractivity contribution in [3.63, 3.8) is 0 Å². The van der Waals surface area contributed by atoms with E-state index in [4.69, 9.17) is 15.0 Å². The third-order valence-corrected chi connectivity index (χ3v) is 3.02. The lowest BCUT2D eigenvalue weighted by Gasteiger charge is -2.04. The van der Waals surface area contributed by atoms with Crippen LogP contribution in [0.5, 0.6) is 0 Å². The molecule has 102 valence electrons. The molecule has 2 aromatic rings. The summed E-state index contributed by atoms with van der Waals surface area (Å²) in [5, 5.41) is 3.92. The molecular weight excluding hydrogens is 312 g/mol. The number of pyridine rings is 1. The standard InChI is InChI=1S/C12H15BrN4O2/c1-18-4-2-3-10(14)12-16-11(17-19-12)8-5-9(13)7-15-6-8/h5-7,10H,2-4,14H2,1H3. The number of methoxy groups -OCH3 is 1. The quantitative estimate of drug-likeness (QED) is 0.819. The van der Waals surface area contributed by atoms with E-state index >= 15 is 0 Å². The Labute approximate surface area is 119 Å². The van der Waals surface area contributed by atoms with Crippen molar-refractivity contribution < 1.29 is 9.26 Å². The Bertz CT molecular complexity index is 532. The topological polar surface area (TPSA) is 87.1 Å². The highest BCUT2D eigenvalue weighted by atomic mass is 79.9. The average molecular weight is 327 g/mol. The summed E-state index contributed by atoms with van der Waals surface area (Å²) < 4.78 is 11.0. The largest absolute Gasteiger partial charge is 0.385 e. The highest BCUT2D eigenvalue weighted by Crippen LogP contribution is 2.21. The molecule has 0 saturated heterocycles. The normalized spacial score (nSPS) is 12.6. The molecule has 7 heteroatoms. The first-order chi connectivity index (χ1) is 9.20. The lowest BCUT2D eigenvalue weighted by molar-refractivity contribution is 0.188. The monoisotopic (exact) mass is 326 g/mol. The number of rotatable bonds is 6. The molecule has 0 aliphatic heterocycles. The van der Waals surface area contributed by atoms with Crippen molar-refractivity contribution in [2.75, 3.05) is 13.7 Å². The first-order valence-corrected chi connectivity index (χ1v) is 6.69. The molecule has 0 aliphatic rings. The zero-order chi connectivity index (χ0) is 13.7. The predicted molar refractivity (Wildman–Crippen MR) is 73.3 cm³/mol. The molecule has 0 amide bonds. The summed E-state index contributed by atoms with van der Waals surface area (Å²) in [5.74, 6) is 0.928. The van der Waals surface area contributed by atoms with E-state index in [0.717, 1.165) is 22.9 Å². The molecule has 0 fully saturated rings. The van der Waals surface area contributed by atoms with Crippen molar-refractivity contribution in [2.24, 2.45) is 5.73 Å². The lowest BCUT2D eigenvalue weighted by atomic mass is 10.2. The molecule has 2 aromatic heterocycles. The molecular formula is C12H15BrN4O2. The van der Waals surface area contributed by atoms with E-state index in [1.165, 1.54) is 0 Å². The van der Waals surface area contributed by atoms with Crippen LogP contribution >= 0.6 is 15.9 Å². The number of hydrogen-bond donors (Lipinski definition) is 1. The van der Waals surface area contributed by atoms with Gasteiger partial charge >= 0.3 is 0 Å². The lowest BCUT2D eigenvalue weighted by Crippen LogP contribution is -2.11. The van der Waals surface area contributed by atoms with Crippen LogP contribution in [0.4, 0.5) is 0 Å². The van der Waals surface area contributed by atoms with Crippen LogP contribution in [0.25, 0.3) is 11.4 Å². The SMILES string of the molecule is COCCCC(N)c1nc(-c2cncc(Br)c2)no1. The second-order valence-electron chi connectivity index (χ2n) is 4.09. The third-order valence-electron chi connectivity index (χ3n) is 2.59. The van der Waals surface area contributed by atoms with Gasteiger partial charge in [-0.2, -0.15) is 4.98 Å². The fraction of sp³-hybridized carbons (Fsp3) is 0.417. The Hall–Kier alpha value is -1.31. The molecule has 2 N–H and O–H groups in total. The molecule has 0 aromatic carbocycles. The fourth-order valence-electron chi connectivity index (χ4n) is 1.61. The maximum Gasteiger partial charge on any atom is 0.243 e. The van der Waals surface area contributed by atoms with E-state index in [1.807, 2.05) is 6.07 Å². The van der Waals surface area contributed by atoms with Crippen LogP contribution in [-0.4, -0.2) is 28.8 Å². The molecule has 0 radical (unpaired) electrons. The smallest absolute Gasteiger partial charge is 0.243 e. The zero-order valence-electron chi connectivity index (χ0n) is 10.5. The van der Waals surface area contributed by atoms with Gasteiger partial charge in [0.05, 0.1) is 6.04 Å². The summed E-state index contributed by atoms with van der Waals surface area (Å²) in [4.78, 5) is 8.35. The number of nitrogens with two attached hydrogens (primary N) is 1. The highest BCUT2D eigenvalue weighted by Gasteiger charge is 2.15. The summed E-state index contributed by atoms with van der Waals surface area (Å²) in [7, 11) is 1.66. The van der Waals surface area contributed by atoms with Crippen LogP contribution in [0.15, 0.2) is 27.5 Å². The van der Waals surface area contributed by atoms with Crippen molar-refractivity contribution in [3.8, 4) is 11.4 Å². The molecule has 0 bridgehead atoms. The zero-order valence-corrected chi connectivity index (χ0v) is 12.1. The summed E-state index contributed by atoms with van der Waals surface area (Å²) in [5.41, 5.74) is 6.77. The molecule has 0 spiro atoms. The molecule has 2 heterocycles. The van der Waals surface area contributed by atoms with Gasteiger partial charge in [-0.3, -0.25) is 4.98 Å². The van der Waals surface area contributed by atoms with Crippen LogP contribution in [0.1, 0.15) is 24.8 Å². The van der Waals surface area contributed by atoms with Crippen molar-refractivity contribution in [1.29, 1.82) is 0 Å². The molecule has 1 atom stereocenters. The molecule has 1 unspecified atom stereocenters. The van der Waals surface area contributed by atoms with E-state index < -0.39 is 0 Å². The average Bonchev–Trinajstić information content (AvgIpc) is 2.88. The van der Waals surface area contributed by atoms with E-state index in [-0.39, 0.29) is 6.04 Å². The summed E-state index contributed by atoms with van der Waals surface area (Å²) in [6.07, 6.45) is 4.97. The second kappa shape index (κ2) is 6.74. The maximum absolute atomic E-state index is 5.98. The number of nitrogens with zero attached hydrogens (tertiary/aromatic N) is 3. The minimum Gasteiger partial charge on any atom is -0.385 e. The van der Waals surface area contributed by atoms with Gasteiger partial charge < -0.3 is 15.0 Å². The first kappa shape index (κ1) is 14.1. The van der Waals surface area contributed by atoms with Crippen molar-refractivity contribution >= 4 is 15.9 Å². The van der Waals surface area contributed by atoms with Gasteiger partial charge in [-0.15, -0.1) is 0 Å². The van der Waals surface area contributed by atoms with Gasteiger partial charge in [0.1, 0.15) is 0 Å². The molecule has 19 heavy (non-hydrogen) atoms. The van der Waals surface area contributed by atoms with E-state index in [0.29, 0.717) is 18.3 Å². The van der Waals surface area contributed by atoms with Gasteiger partial charge in [0.2, 0.25) is 11.7 Å². The van der Waals surface area contributed by atoms with Crippen LogP contribution in [-0.2, 0) is 4.74 Å². The van der Waals surface area contributed by atoms with Gasteiger partial charge in [0.15, 0.2) is 0 Å². The van der Waals surface area contributed by atoms with Crippen molar-refractivity contribution in [3.05, 3.63) is 28.8 Å². The van der Waals surface area contributed by atoms with Gasteiger partial charge in [-0.1, -0.05) is 5.16 Å². The minimum absolute atomic E-state index is 0.267. The van der Waals surface area contributed by atoms with Gasteiger partial charge in [-0.05, 0) is 34.8 Å². The van der Waals surface area contributed by atoms with Crippen LogP contribution in [0, 0.1) is 0 Å². The summed E-state index contributed by atoms with van der Waals surface area (Å²) in [6, 6.07) is 1.61. The van der Waals surface area contributed by atoms with Gasteiger partial charge in [0.25, 0.3) is 0 Å². The molecule has 6 nitrogen and oxygen atoms in total. The van der Waals surface area contributed by atoms with E-state index in [9.17, 15) is 0 Å². The van der Waals surface area contributed by atoms with E-state index in [1.54, 1.807) is 19.5 Å². The third kappa shape index (κ3) is 3.82. The van der Waals surface area contributed by atoms with Gasteiger partial charge in [-0.25, -0.2) is 0 Å². The minimum atomic E-state index is -0.267. The number of hydrogen-bond acceptors (Lipinski definition) is 6. The second-order valence-corrected chi connectivity index (χ2v) is 5.01. The van der Waals surface area contributed by atoms with E-state index in [2.05, 4.69) is 31.1 Å². The Morgan fingerprint density at radius 3 is 3.05 bits per heavy atom. The molecule has 0 saturated carbocycles. The maximum atomic E-state index is 5.98. The number of aromatic nitrogens is 3. The Kier molecular flexibility index (Phi) is 5.00. The predicted octanol–water partition coefficient (Wildman–Crippen LogP) is 2.32. The van der Waals surface area contributed by atoms with Crippen LogP contribution in [0.2, 0.25) is 0 Å². The summed E-state index contributed by atoms with van der Waals surface area (Å²) in [6.45, 7) is 0.671. The van der Waals surface area contributed by atoms with Crippen LogP contribution < -0.4 is 5.73 Å².